The summed E-state index contributed by atoms with van der Waals surface area (Å²) in [5.74, 6) is -0.310. The molecule has 5 nitrogen and oxygen atoms in total. The van der Waals surface area contributed by atoms with Crippen LogP contribution < -0.4 is 10.0 Å². The SMILES string of the molecule is O=C(NCc1cccc(Cl)c1)c1cccc(NS(=O)(=O)c2ccccc2)c1. The Hall–Kier alpha value is -2.83. The van der Waals surface area contributed by atoms with Crippen molar-refractivity contribution in [3.05, 3.63) is 95.0 Å². The number of hydrogen-bond acceptors (Lipinski definition) is 3. The normalized spacial score (nSPS) is 11.0. The third-order valence-corrected chi connectivity index (χ3v) is 5.40. The number of anilines is 1. The first-order chi connectivity index (χ1) is 12.9. The van der Waals surface area contributed by atoms with Crippen LogP contribution in [0.2, 0.25) is 5.02 Å². The van der Waals surface area contributed by atoms with Crippen molar-refractivity contribution in [1.82, 2.24) is 5.32 Å². The third kappa shape index (κ3) is 5.09. The van der Waals surface area contributed by atoms with Crippen LogP contribution in [0.4, 0.5) is 5.69 Å². The Bertz CT molecular complexity index is 1050. The van der Waals surface area contributed by atoms with Crippen LogP contribution in [-0.4, -0.2) is 14.3 Å². The van der Waals surface area contributed by atoms with Gasteiger partial charge < -0.3 is 5.32 Å². The second-order valence-corrected chi connectivity index (χ2v) is 7.93. The van der Waals surface area contributed by atoms with Gasteiger partial charge in [-0.3, -0.25) is 9.52 Å². The Morgan fingerprint density at radius 2 is 1.63 bits per heavy atom. The van der Waals surface area contributed by atoms with Gasteiger partial charge in [-0.2, -0.15) is 0 Å². The molecule has 7 heteroatoms. The third-order valence-electron chi connectivity index (χ3n) is 3.77. The zero-order valence-electron chi connectivity index (χ0n) is 14.2. The standard InChI is InChI=1S/C20H17ClN2O3S/c21-17-8-4-6-15(12-17)14-22-20(24)16-7-5-9-18(13-16)23-27(25,26)19-10-2-1-3-11-19/h1-13,23H,14H2,(H,22,24). The molecule has 0 unspecified atom stereocenters. The van der Waals surface area contributed by atoms with Gasteiger partial charge in [0.25, 0.3) is 15.9 Å². The Morgan fingerprint density at radius 1 is 0.889 bits per heavy atom. The van der Waals surface area contributed by atoms with Gasteiger partial charge in [0.1, 0.15) is 0 Å². The lowest BCUT2D eigenvalue weighted by molar-refractivity contribution is 0.0951. The fourth-order valence-corrected chi connectivity index (χ4v) is 3.75. The van der Waals surface area contributed by atoms with Gasteiger partial charge in [0.05, 0.1) is 4.90 Å². The average Bonchev–Trinajstić information content (AvgIpc) is 2.67. The smallest absolute Gasteiger partial charge is 0.261 e. The Morgan fingerprint density at radius 3 is 2.37 bits per heavy atom. The van der Waals surface area contributed by atoms with Crippen LogP contribution in [0.15, 0.2) is 83.8 Å². The molecule has 0 aliphatic carbocycles. The van der Waals surface area contributed by atoms with E-state index in [0.29, 0.717) is 22.8 Å². The first-order valence-electron chi connectivity index (χ1n) is 8.15. The van der Waals surface area contributed by atoms with Crippen molar-refractivity contribution in [3.63, 3.8) is 0 Å². The molecule has 27 heavy (non-hydrogen) atoms. The van der Waals surface area contributed by atoms with Crippen molar-refractivity contribution in [3.8, 4) is 0 Å². The summed E-state index contributed by atoms with van der Waals surface area (Å²) in [5, 5.41) is 3.39. The minimum absolute atomic E-state index is 0.154. The minimum atomic E-state index is -3.71. The molecular formula is C20H17ClN2O3S. The lowest BCUT2D eigenvalue weighted by atomic mass is 10.2. The van der Waals surface area contributed by atoms with Crippen LogP contribution >= 0.6 is 11.6 Å². The van der Waals surface area contributed by atoms with Gasteiger partial charge in [0.15, 0.2) is 0 Å². The molecule has 3 aromatic rings. The second-order valence-electron chi connectivity index (χ2n) is 5.81. The van der Waals surface area contributed by atoms with E-state index in [1.807, 2.05) is 12.1 Å². The van der Waals surface area contributed by atoms with E-state index in [0.717, 1.165) is 5.56 Å². The maximum atomic E-state index is 12.4. The Balaban J connectivity index is 1.70. The number of carbonyl (C=O) groups is 1. The first-order valence-corrected chi connectivity index (χ1v) is 10.0. The lowest BCUT2D eigenvalue weighted by Crippen LogP contribution is -2.23. The van der Waals surface area contributed by atoms with E-state index in [1.165, 1.54) is 18.2 Å². The molecule has 0 aliphatic heterocycles. The molecule has 0 atom stereocenters. The number of sulfonamides is 1. The summed E-state index contributed by atoms with van der Waals surface area (Å²) in [7, 11) is -3.71. The van der Waals surface area contributed by atoms with E-state index in [4.69, 9.17) is 11.6 Å². The van der Waals surface area contributed by atoms with Crippen LogP contribution in [-0.2, 0) is 16.6 Å². The summed E-state index contributed by atoms with van der Waals surface area (Å²) in [6.45, 7) is 0.319. The molecule has 138 valence electrons. The number of carbonyl (C=O) groups excluding carboxylic acids is 1. The molecule has 0 aromatic heterocycles. The van der Waals surface area contributed by atoms with E-state index < -0.39 is 10.0 Å². The summed E-state index contributed by atoms with van der Waals surface area (Å²) in [6, 6.07) is 21.6. The van der Waals surface area contributed by atoms with Crippen LogP contribution in [0.5, 0.6) is 0 Å². The maximum Gasteiger partial charge on any atom is 0.261 e. The quantitative estimate of drug-likeness (QED) is 0.654. The molecule has 3 aromatic carbocycles. The van der Waals surface area contributed by atoms with E-state index in [-0.39, 0.29) is 10.8 Å². The summed E-state index contributed by atoms with van der Waals surface area (Å²) in [5.41, 5.74) is 1.54. The molecule has 0 bridgehead atoms. The van der Waals surface area contributed by atoms with Crippen molar-refractivity contribution >= 4 is 33.2 Å². The molecular weight excluding hydrogens is 384 g/mol. The molecule has 0 saturated carbocycles. The largest absolute Gasteiger partial charge is 0.348 e. The highest BCUT2D eigenvalue weighted by atomic mass is 35.5. The van der Waals surface area contributed by atoms with Gasteiger partial charge in [0.2, 0.25) is 0 Å². The fraction of sp³-hybridized carbons (Fsp3) is 0.0500. The van der Waals surface area contributed by atoms with E-state index in [2.05, 4.69) is 10.0 Å². The van der Waals surface area contributed by atoms with Gasteiger partial charge in [-0.05, 0) is 48.0 Å². The van der Waals surface area contributed by atoms with Crippen molar-refractivity contribution in [2.75, 3.05) is 4.72 Å². The summed E-state index contributed by atoms with van der Waals surface area (Å²) < 4.78 is 27.3. The molecule has 0 fully saturated rings. The predicted molar refractivity (Wildman–Crippen MR) is 106 cm³/mol. The van der Waals surface area contributed by atoms with Crippen LogP contribution in [0.25, 0.3) is 0 Å². The number of halogens is 1. The number of nitrogens with one attached hydrogen (secondary N) is 2. The van der Waals surface area contributed by atoms with E-state index in [1.54, 1.807) is 48.5 Å². The van der Waals surface area contributed by atoms with Crippen molar-refractivity contribution in [2.45, 2.75) is 11.4 Å². The highest BCUT2D eigenvalue weighted by Gasteiger charge is 2.14. The first kappa shape index (κ1) is 18.9. The summed E-state index contributed by atoms with van der Waals surface area (Å²) in [4.78, 5) is 12.5. The van der Waals surface area contributed by atoms with Crippen molar-refractivity contribution in [2.24, 2.45) is 0 Å². The van der Waals surface area contributed by atoms with E-state index >= 15 is 0 Å². The van der Waals surface area contributed by atoms with Crippen LogP contribution in [0.1, 0.15) is 15.9 Å². The molecule has 1 amide bonds. The molecule has 0 spiro atoms. The van der Waals surface area contributed by atoms with Gasteiger partial charge in [-0.15, -0.1) is 0 Å². The average molecular weight is 401 g/mol. The molecule has 0 radical (unpaired) electrons. The van der Waals surface area contributed by atoms with Gasteiger partial charge in [-0.25, -0.2) is 8.42 Å². The van der Waals surface area contributed by atoms with E-state index in [9.17, 15) is 13.2 Å². The fourth-order valence-electron chi connectivity index (χ4n) is 2.47. The minimum Gasteiger partial charge on any atom is -0.348 e. The predicted octanol–water partition coefficient (Wildman–Crippen LogP) is 4.07. The van der Waals surface area contributed by atoms with Crippen LogP contribution in [0.3, 0.4) is 0 Å². The van der Waals surface area contributed by atoms with Gasteiger partial charge >= 0.3 is 0 Å². The van der Waals surface area contributed by atoms with Gasteiger partial charge in [0, 0.05) is 22.8 Å². The highest BCUT2D eigenvalue weighted by molar-refractivity contribution is 7.92. The van der Waals surface area contributed by atoms with Crippen molar-refractivity contribution < 1.29 is 13.2 Å². The Kier molecular flexibility index (Phi) is 5.78. The molecule has 3 rings (SSSR count). The zero-order valence-corrected chi connectivity index (χ0v) is 15.8. The summed E-state index contributed by atoms with van der Waals surface area (Å²) >= 11 is 5.93. The lowest BCUT2D eigenvalue weighted by Gasteiger charge is -2.10. The van der Waals surface area contributed by atoms with Crippen molar-refractivity contribution in [1.29, 1.82) is 0 Å². The molecule has 0 saturated heterocycles. The molecule has 0 heterocycles. The zero-order chi connectivity index (χ0) is 19.3. The van der Waals surface area contributed by atoms with Gasteiger partial charge in [-0.1, -0.05) is 48.0 Å². The maximum absolute atomic E-state index is 12.4. The number of hydrogen-bond donors (Lipinski definition) is 2. The summed E-state index contributed by atoms with van der Waals surface area (Å²) in [6.07, 6.45) is 0. The number of benzene rings is 3. The van der Waals surface area contributed by atoms with Crippen LogP contribution in [0, 0.1) is 0 Å². The Labute approximate surface area is 163 Å². The topological polar surface area (TPSA) is 75.3 Å². The second kappa shape index (κ2) is 8.24. The number of rotatable bonds is 6. The monoisotopic (exact) mass is 400 g/mol. The number of amides is 1. The molecule has 2 N–H and O–H groups in total. The highest BCUT2D eigenvalue weighted by Crippen LogP contribution is 2.17. The molecule has 0 aliphatic rings.